The lowest BCUT2D eigenvalue weighted by atomic mass is 10.1. The molecule has 25 heavy (non-hydrogen) atoms. The zero-order valence-electron chi connectivity index (χ0n) is 17.4. The van der Waals surface area contributed by atoms with E-state index in [2.05, 4.69) is 41.7 Å². The monoisotopic (exact) mass is 349 g/mol. The summed E-state index contributed by atoms with van der Waals surface area (Å²) in [5.74, 6) is 0. The topological polar surface area (TPSA) is 8.81 Å². The molecule has 1 rings (SSSR count). The van der Waals surface area contributed by atoms with E-state index in [0.29, 0.717) is 0 Å². The predicted octanol–water partition coefficient (Wildman–Crippen LogP) is 7.06. The summed E-state index contributed by atoms with van der Waals surface area (Å²) in [4.78, 5) is 0. The zero-order valence-corrected chi connectivity index (χ0v) is 17.4. The van der Waals surface area contributed by atoms with E-state index < -0.39 is 0 Å². The first-order valence-corrected chi connectivity index (χ1v) is 11.4. The molecule has 0 aliphatic rings. The van der Waals surface area contributed by atoms with Crippen molar-refractivity contribution in [3.63, 3.8) is 0 Å². The van der Waals surface area contributed by atoms with Gasteiger partial charge < -0.3 is 0 Å². The van der Waals surface area contributed by atoms with Crippen LogP contribution in [-0.4, -0.2) is 4.57 Å². The molecule has 0 saturated heterocycles. The number of hydrogen-bond donors (Lipinski definition) is 0. The third-order valence-corrected chi connectivity index (χ3v) is 5.29. The van der Waals surface area contributed by atoms with Gasteiger partial charge >= 0.3 is 0 Å². The Morgan fingerprint density at radius 1 is 0.600 bits per heavy atom. The summed E-state index contributed by atoms with van der Waals surface area (Å²) in [5, 5.41) is 0. The molecular formula is C23H45N2+. The molecule has 0 saturated carbocycles. The van der Waals surface area contributed by atoms with Crippen LogP contribution in [0.3, 0.4) is 0 Å². The molecule has 1 heterocycles. The molecule has 0 N–H and O–H groups in total. The standard InChI is InChI=1S/C23H45N2/c1-3-5-7-9-10-11-12-13-14-16-18-20-25-22-21-24(23-25)19-17-15-8-6-4-2/h21-23H,3-20H2,1-2H3/q+1. The molecule has 0 amide bonds. The maximum absolute atomic E-state index is 2.37. The first-order valence-electron chi connectivity index (χ1n) is 11.4. The van der Waals surface area contributed by atoms with Gasteiger partial charge in [0.1, 0.15) is 12.4 Å². The SMILES string of the molecule is CCCCCCCCCCCCCn1cc[n+](CCCCCCC)c1. The first-order chi connectivity index (χ1) is 12.4. The van der Waals surface area contributed by atoms with Crippen LogP contribution in [0.1, 0.15) is 117 Å². The largest absolute Gasteiger partial charge is 0.243 e. The summed E-state index contributed by atoms with van der Waals surface area (Å²) in [6.45, 7) is 6.96. The van der Waals surface area contributed by atoms with Gasteiger partial charge in [-0.05, 0) is 25.7 Å². The second-order valence-corrected chi connectivity index (χ2v) is 7.84. The van der Waals surface area contributed by atoms with Gasteiger partial charge in [0.05, 0.1) is 13.1 Å². The van der Waals surface area contributed by atoms with E-state index in [4.69, 9.17) is 0 Å². The van der Waals surface area contributed by atoms with Crippen molar-refractivity contribution in [2.75, 3.05) is 0 Å². The van der Waals surface area contributed by atoms with E-state index in [0.717, 1.165) is 0 Å². The van der Waals surface area contributed by atoms with Gasteiger partial charge in [-0.1, -0.05) is 90.9 Å². The Morgan fingerprint density at radius 2 is 1.08 bits per heavy atom. The molecule has 0 aliphatic heterocycles. The van der Waals surface area contributed by atoms with Crippen LogP contribution >= 0.6 is 0 Å². The molecule has 1 aromatic heterocycles. The quantitative estimate of drug-likeness (QED) is 0.198. The maximum Gasteiger partial charge on any atom is 0.243 e. The van der Waals surface area contributed by atoms with Gasteiger partial charge in [0.25, 0.3) is 0 Å². The minimum Gasteiger partial charge on any atom is -0.237 e. The van der Waals surface area contributed by atoms with E-state index in [1.54, 1.807) is 0 Å². The summed E-state index contributed by atoms with van der Waals surface area (Å²) in [6, 6.07) is 0. The van der Waals surface area contributed by atoms with E-state index in [1.165, 1.54) is 116 Å². The highest BCUT2D eigenvalue weighted by atomic mass is 15.1. The van der Waals surface area contributed by atoms with E-state index in [1.807, 2.05) is 0 Å². The van der Waals surface area contributed by atoms with Crippen molar-refractivity contribution in [2.45, 2.75) is 130 Å². The van der Waals surface area contributed by atoms with Gasteiger partial charge in [0.2, 0.25) is 6.33 Å². The average Bonchev–Trinajstić information content (AvgIpc) is 3.07. The molecule has 0 spiro atoms. The lowest BCUT2D eigenvalue weighted by Crippen LogP contribution is -2.30. The van der Waals surface area contributed by atoms with Crippen molar-refractivity contribution in [3.05, 3.63) is 18.7 Å². The Kier molecular flexibility index (Phi) is 14.8. The second-order valence-electron chi connectivity index (χ2n) is 7.84. The van der Waals surface area contributed by atoms with Crippen LogP contribution in [0.15, 0.2) is 18.7 Å². The minimum absolute atomic E-state index is 1.19. The molecule has 0 fully saturated rings. The van der Waals surface area contributed by atoms with Crippen LogP contribution in [0.2, 0.25) is 0 Å². The smallest absolute Gasteiger partial charge is 0.237 e. The zero-order chi connectivity index (χ0) is 18.0. The molecule has 0 unspecified atom stereocenters. The summed E-state index contributed by atoms with van der Waals surface area (Å²) >= 11 is 0. The Balaban J connectivity index is 1.90. The summed E-state index contributed by atoms with van der Waals surface area (Å²) in [5.41, 5.74) is 0. The van der Waals surface area contributed by atoms with Gasteiger partial charge in [-0.15, -0.1) is 0 Å². The van der Waals surface area contributed by atoms with Gasteiger partial charge in [-0.2, -0.15) is 0 Å². The van der Waals surface area contributed by atoms with Gasteiger partial charge in [0.15, 0.2) is 0 Å². The van der Waals surface area contributed by atoms with Crippen LogP contribution in [-0.2, 0) is 13.1 Å². The number of imidazole rings is 1. The number of aromatic nitrogens is 2. The Morgan fingerprint density at radius 3 is 1.64 bits per heavy atom. The third-order valence-electron chi connectivity index (χ3n) is 5.29. The van der Waals surface area contributed by atoms with Gasteiger partial charge in [-0.3, -0.25) is 0 Å². The second kappa shape index (κ2) is 16.7. The van der Waals surface area contributed by atoms with Crippen LogP contribution in [0.25, 0.3) is 0 Å². The summed E-state index contributed by atoms with van der Waals surface area (Å²) in [7, 11) is 0. The Bertz CT molecular complexity index is 383. The van der Waals surface area contributed by atoms with E-state index in [-0.39, 0.29) is 0 Å². The van der Waals surface area contributed by atoms with Crippen LogP contribution in [0.4, 0.5) is 0 Å². The molecule has 1 aromatic rings. The summed E-state index contributed by atoms with van der Waals surface area (Å²) < 4.78 is 4.74. The van der Waals surface area contributed by atoms with Gasteiger partial charge in [0, 0.05) is 0 Å². The number of aryl methyl sites for hydroxylation is 2. The molecule has 2 heteroatoms. The highest BCUT2D eigenvalue weighted by Gasteiger charge is 2.03. The number of unbranched alkanes of at least 4 members (excludes halogenated alkanes) is 14. The van der Waals surface area contributed by atoms with Crippen molar-refractivity contribution in [3.8, 4) is 0 Å². The maximum atomic E-state index is 2.37. The van der Waals surface area contributed by atoms with Gasteiger partial charge in [-0.25, -0.2) is 9.13 Å². The first kappa shape index (κ1) is 22.3. The molecule has 2 nitrogen and oxygen atoms in total. The molecular weight excluding hydrogens is 304 g/mol. The number of hydrogen-bond acceptors (Lipinski definition) is 0. The lowest BCUT2D eigenvalue weighted by Gasteiger charge is -2.02. The third kappa shape index (κ3) is 13.1. The van der Waals surface area contributed by atoms with E-state index in [9.17, 15) is 0 Å². The number of rotatable bonds is 18. The molecule has 0 aromatic carbocycles. The van der Waals surface area contributed by atoms with Crippen LogP contribution in [0, 0.1) is 0 Å². The predicted molar refractivity (Wildman–Crippen MR) is 110 cm³/mol. The fourth-order valence-corrected chi connectivity index (χ4v) is 3.56. The van der Waals surface area contributed by atoms with Crippen molar-refractivity contribution in [1.29, 1.82) is 0 Å². The van der Waals surface area contributed by atoms with E-state index >= 15 is 0 Å². The van der Waals surface area contributed by atoms with Crippen molar-refractivity contribution in [1.82, 2.24) is 4.57 Å². The fourth-order valence-electron chi connectivity index (χ4n) is 3.56. The van der Waals surface area contributed by atoms with Crippen LogP contribution < -0.4 is 4.57 Å². The average molecular weight is 350 g/mol. The Hall–Kier alpha value is -0.790. The molecule has 146 valence electrons. The summed E-state index contributed by atoms with van der Waals surface area (Å²) in [6.07, 6.45) is 29.3. The van der Waals surface area contributed by atoms with Crippen LogP contribution in [0.5, 0.6) is 0 Å². The van der Waals surface area contributed by atoms with Crippen molar-refractivity contribution < 1.29 is 4.57 Å². The fraction of sp³-hybridized carbons (Fsp3) is 0.870. The highest BCUT2D eigenvalue weighted by molar-refractivity contribution is 4.66. The molecule has 0 atom stereocenters. The normalized spacial score (nSPS) is 11.3. The van der Waals surface area contributed by atoms with Crippen molar-refractivity contribution in [2.24, 2.45) is 0 Å². The van der Waals surface area contributed by atoms with Crippen molar-refractivity contribution >= 4 is 0 Å². The molecule has 0 aliphatic carbocycles. The minimum atomic E-state index is 1.19. The molecule has 0 bridgehead atoms. The number of nitrogens with zero attached hydrogens (tertiary/aromatic N) is 2. The Labute approximate surface area is 158 Å². The molecule has 0 radical (unpaired) electrons. The lowest BCUT2D eigenvalue weighted by molar-refractivity contribution is -0.696. The highest BCUT2D eigenvalue weighted by Crippen LogP contribution is 2.11.